The Morgan fingerprint density at radius 2 is 1.84 bits per heavy atom. The number of amides is 1. The second-order valence-corrected chi connectivity index (χ2v) is 13.1. The zero-order valence-corrected chi connectivity index (χ0v) is 26.3. The Morgan fingerprint density at radius 1 is 1.02 bits per heavy atom. The molecule has 0 spiro atoms. The molecule has 2 atom stereocenters. The lowest BCUT2D eigenvalue weighted by Crippen LogP contribution is -2.56. The molecule has 1 amide bonds. The summed E-state index contributed by atoms with van der Waals surface area (Å²) in [7, 11) is 2.14. The van der Waals surface area contributed by atoms with Crippen molar-refractivity contribution in [3.63, 3.8) is 0 Å². The maximum absolute atomic E-state index is 13.1. The summed E-state index contributed by atoms with van der Waals surface area (Å²) in [4.78, 5) is 31.7. The van der Waals surface area contributed by atoms with Crippen LogP contribution in [0.1, 0.15) is 51.3 Å². The molecule has 10 nitrogen and oxygen atoms in total. The molecule has 0 radical (unpaired) electrons. The summed E-state index contributed by atoms with van der Waals surface area (Å²) in [5, 5.41) is 12.1. The van der Waals surface area contributed by atoms with Crippen molar-refractivity contribution < 1.29 is 14.3 Å². The average Bonchev–Trinajstić information content (AvgIpc) is 3.42. The predicted octanol–water partition coefficient (Wildman–Crippen LogP) is 5.00. The number of benzene rings is 2. The van der Waals surface area contributed by atoms with Gasteiger partial charge in [0.15, 0.2) is 0 Å². The molecule has 3 aliphatic heterocycles. The normalized spacial score (nSPS) is 20.8. The molecular formula is C34H43N7O3. The minimum atomic E-state index is -0.604. The average molecular weight is 598 g/mol. The first kappa shape index (κ1) is 29.9. The topological polar surface area (TPSA) is 98.1 Å². The van der Waals surface area contributed by atoms with Crippen molar-refractivity contribution in [3.8, 4) is 12.1 Å². The number of aromatic nitrogens is 2. The maximum Gasteiger partial charge on any atom is 0.410 e. The van der Waals surface area contributed by atoms with E-state index in [0.29, 0.717) is 44.8 Å². The summed E-state index contributed by atoms with van der Waals surface area (Å²) in [6.45, 7) is 10.2. The van der Waals surface area contributed by atoms with E-state index < -0.39 is 5.60 Å². The van der Waals surface area contributed by atoms with Crippen molar-refractivity contribution in [3.05, 3.63) is 53.7 Å². The largest absolute Gasteiger partial charge is 0.462 e. The van der Waals surface area contributed by atoms with E-state index in [2.05, 4.69) is 70.3 Å². The highest BCUT2D eigenvalue weighted by atomic mass is 16.6. The van der Waals surface area contributed by atoms with E-state index in [-0.39, 0.29) is 18.6 Å². The number of rotatable bonds is 6. The highest BCUT2D eigenvalue weighted by molar-refractivity contribution is 5.94. The monoisotopic (exact) mass is 597 g/mol. The van der Waals surface area contributed by atoms with Gasteiger partial charge in [0.05, 0.1) is 30.8 Å². The van der Waals surface area contributed by atoms with Gasteiger partial charge in [0.1, 0.15) is 18.0 Å². The Hall–Kier alpha value is -4.10. The van der Waals surface area contributed by atoms with E-state index in [1.165, 1.54) is 22.9 Å². The quantitative estimate of drug-likeness (QED) is 0.389. The Morgan fingerprint density at radius 3 is 2.61 bits per heavy atom. The van der Waals surface area contributed by atoms with Crippen LogP contribution in [0.25, 0.3) is 10.8 Å². The number of carbonyl (C=O) groups excluding carboxylic acids is 1. The van der Waals surface area contributed by atoms with Crippen LogP contribution in [0.3, 0.4) is 0 Å². The summed E-state index contributed by atoms with van der Waals surface area (Å²) in [6.07, 6.45) is 2.90. The van der Waals surface area contributed by atoms with E-state index in [1.807, 2.05) is 20.8 Å². The van der Waals surface area contributed by atoms with Crippen LogP contribution in [-0.2, 0) is 17.7 Å². The van der Waals surface area contributed by atoms with Gasteiger partial charge in [-0.15, -0.1) is 0 Å². The Labute approximate surface area is 260 Å². The molecule has 2 aromatic carbocycles. The number of anilines is 2. The molecule has 6 rings (SSSR count). The van der Waals surface area contributed by atoms with Crippen LogP contribution in [0.15, 0.2) is 42.5 Å². The molecule has 232 valence electrons. The van der Waals surface area contributed by atoms with E-state index >= 15 is 0 Å². The second kappa shape index (κ2) is 12.5. The molecule has 0 aliphatic carbocycles. The lowest BCUT2D eigenvalue weighted by molar-refractivity contribution is 0.0144. The van der Waals surface area contributed by atoms with E-state index in [4.69, 9.17) is 19.4 Å². The lowest BCUT2D eigenvalue weighted by Gasteiger charge is -2.42. The van der Waals surface area contributed by atoms with Gasteiger partial charge in [0.2, 0.25) is 0 Å². The molecule has 2 saturated heterocycles. The van der Waals surface area contributed by atoms with Crippen LogP contribution < -0.4 is 14.5 Å². The van der Waals surface area contributed by atoms with Gasteiger partial charge in [-0.05, 0) is 65.1 Å². The first-order valence-electron chi connectivity index (χ1n) is 15.8. The molecule has 3 aliphatic rings. The van der Waals surface area contributed by atoms with Crippen LogP contribution in [0.2, 0.25) is 0 Å². The highest BCUT2D eigenvalue weighted by Gasteiger charge is 2.36. The number of hydrogen-bond donors (Lipinski definition) is 0. The number of nitriles is 1. The van der Waals surface area contributed by atoms with Gasteiger partial charge in [-0.2, -0.15) is 15.2 Å². The number of fused-ring (bicyclic) bond motifs is 2. The van der Waals surface area contributed by atoms with Crippen molar-refractivity contribution in [2.24, 2.45) is 0 Å². The van der Waals surface area contributed by atoms with Crippen LogP contribution >= 0.6 is 0 Å². The number of hydrogen-bond acceptors (Lipinski definition) is 9. The number of ether oxygens (including phenoxy) is 2. The van der Waals surface area contributed by atoms with E-state index in [9.17, 15) is 10.1 Å². The summed E-state index contributed by atoms with van der Waals surface area (Å²) >= 11 is 0. The number of likely N-dealkylation sites (N-methyl/N-ethyl adjacent to an activating group) is 1. The zero-order chi connectivity index (χ0) is 30.8. The fourth-order valence-corrected chi connectivity index (χ4v) is 6.65. The molecule has 10 heteroatoms. The van der Waals surface area contributed by atoms with Gasteiger partial charge in [0.25, 0.3) is 0 Å². The Balaban J connectivity index is 1.30. The molecule has 4 heterocycles. The Bertz CT molecular complexity index is 1540. The van der Waals surface area contributed by atoms with Gasteiger partial charge < -0.3 is 29.1 Å². The molecule has 1 aromatic heterocycles. The lowest BCUT2D eigenvalue weighted by atomic mass is 10.0. The van der Waals surface area contributed by atoms with E-state index in [1.54, 1.807) is 4.90 Å². The second-order valence-electron chi connectivity index (χ2n) is 13.1. The van der Waals surface area contributed by atoms with Gasteiger partial charge in [0, 0.05) is 48.9 Å². The highest BCUT2D eigenvalue weighted by Crippen LogP contribution is 2.35. The summed E-state index contributed by atoms with van der Waals surface area (Å²) in [6, 6.07) is 17.7. The molecule has 2 fully saturated rings. The molecule has 0 N–H and O–H groups in total. The minimum Gasteiger partial charge on any atom is -0.462 e. The van der Waals surface area contributed by atoms with Crippen LogP contribution in [0.5, 0.6) is 6.01 Å². The summed E-state index contributed by atoms with van der Waals surface area (Å²) in [5.74, 6) is 0.856. The standard InChI is InChI=1S/C34H43N7O3/c1-34(2,3)44-33(42)41-20-19-40(21-25(41)14-16-35)31-28-15-18-39(30-13-7-10-24-9-5-6-12-27(24)30)22-29(28)36-32(37-31)43-23-26-11-8-17-38(26)4/h5-7,9-10,12-13,25-26H,8,11,14-15,17-23H2,1-4H3/t25?,26-/m1/s1. The Kier molecular flexibility index (Phi) is 8.50. The molecule has 0 bridgehead atoms. The fourth-order valence-electron chi connectivity index (χ4n) is 6.65. The van der Waals surface area contributed by atoms with Gasteiger partial charge in [-0.3, -0.25) is 0 Å². The fraction of sp³-hybridized carbons (Fsp3) is 0.529. The third-order valence-electron chi connectivity index (χ3n) is 8.94. The summed E-state index contributed by atoms with van der Waals surface area (Å²) in [5.41, 5.74) is 2.68. The number of nitrogens with zero attached hydrogens (tertiary/aromatic N) is 7. The third-order valence-corrected chi connectivity index (χ3v) is 8.94. The van der Waals surface area contributed by atoms with Crippen molar-refractivity contribution >= 4 is 28.4 Å². The molecule has 44 heavy (non-hydrogen) atoms. The van der Waals surface area contributed by atoms with E-state index in [0.717, 1.165) is 43.0 Å². The number of likely N-dealkylation sites (tertiary alicyclic amines) is 1. The smallest absolute Gasteiger partial charge is 0.410 e. The van der Waals surface area contributed by atoms with Crippen LogP contribution in [0, 0.1) is 11.3 Å². The summed E-state index contributed by atoms with van der Waals surface area (Å²) < 4.78 is 12.0. The molecule has 3 aromatic rings. The van der Waals surface area contributed by atoms with Crippen molar-refractivity contribution in [2.75, 3.05) is 56.2 Å². The maximum atomic E-state index is 13.1. The molecule has 0 saturated carbocycles. The predicted molar refractivity (Wildman–Crippen MR) is 171 cm³/mol. The van der Waals surface area contributed by atoms with Crippen LogP contribution in [0.4, 0.5) is 16.3 Å². The van der Waals surface area contributed by atoms with Crippen molar-refractivity contribution in [1.29, 1.82) is 5.26 Å². The van der Waals surface area contributed by atoms with Gasteiger partial charge >= 0.3 is 12.1 Å². The SMILES string of the molecule is CN1CCC[C@@H]1COc1nc2c(c(N3CCN(C(=O)OC(C)(C)C)C(CC#N)C3)n1)CCN(c1cccc3ccccc13)C2. The van der Waals surface area contributed by atoms with Gasteiger partial charge in [-0.1, -0.05) is 36.4 Å². The third kappa shape index (κ3) is 6.39. The van der Waals surface area contributed by atoms with Crippen LogP contribution in [-0.4, -0.2) is 89.9 Å². The van der Waals surface area contributed by atoms with Crippen molar-refractivity contribution in [1.82, 2.24) is 19.8 Å². The number of carbonyl (C=O) groups is 1. The first-order chi connectivity index (χ1) is 21.2. The zero-order valence-electron chi connectivity index (χ0n) is 26.3. The first-order valence-corrected chi connectivity index (χ1v) is 15.8. The number of piperazine rings is 1. The molecule has 1 unspecified atom stereocenters. The van der Waals surface area contributed by atoms with Crippen molar-refractivity contribution in [2.45, 2.75) is 70.7 Å². The minimum absolute atomic E-state index is 0.218. The molecular weight excluding hydrogens is 554 g/mol. The van der Waals surface area contributed by atoms with Gasteiger partial charge in [-0.25, -0.2) is 4.79 Å².